The molecule has 21 heteroatoms. The number of nitrogens with zero attached hydrogens (tertiary/aromatic N) is 6. The number of carbonyl (C=O) groups is 1. The van der Waals surface area contributed by atoms with Crippen molar-refractivity contribution in [2.75, 3.05) is 53.0 Å². The van der Waals surface area contributed by atoms with Crippen molar-refractivity contribution in [3.8, 4) is 50.7 Å². The molecule has 3 aromatic carbocycles. The van der Waals surface area contributed by atoms with Gasteiger partial charge in [-0.3, -0.25) is 4.90 Å². The number of piperazine rings is 1. The maximum atomic E-state index is 14.4. The van der Waals surface area contributed by atoms with Gasteiger partial charge in [-0.2, -0.15) is 18.2 Å². The molecule has 1 fully saturated rings. The van der Waals surface area contributed by atoms with E-state index in [-0.39, 0.29) is 42.3 Å². The van der Waals surface area contributed by atoms with Crippen molar-refractivity contribution in [2.45, 2.75) is 83.7 Å². The number of aliphatic hydroxyl groups is 1. The highest BCUT2D eigenvalue weighted by Gasteiger charge is 2.39. The lowest BCUT2D eigenvalue weighted by Crippen LogP contribution is -2.48. The second-order valence-electron chi connectivity index (χ2n) is 18.9. The molecule has 2 N–H and O–H groups in total. The number of aliphatic carboxylic acids is 1. The first kappa shape index (κ1) is 53.2. The van der Waals surface area contributed by atoms with Crippen molar-refractivity contribution in [1.82, 2.24) is 29.7 Å². The summed E-state index contributed by atoms with van der Waals surface area (Å²) < 4.78 is 83.5. The summed E-state index contributed by atoms with van der Waals surface area (Å²) in [5, 5.41) is 21.7. The molecule has 3 aromatic heterocycles. The molecule has 0 bridgehead atoms. The van der Waals surface area contributed by atoms with Crippen LogP contribution in [0.3, 0.4) is 0 Å². The normalized spacial score (nSPS) is 14.8. The first-order valence-corrected chi connectivity index (χ1v) is 27.1. The highest BCUT2D eigenvalue weighted by molar-refractivity contribution is 7.22. The average molecular weight is 1040 g/mol. The SMILES string of the molecule is Cc1c(-c2c(-c3ccc(F)cc3)sc3ncnc(O[C@H](Cc4cc(O[Si](C)(C)C(C)(C)C)ccc4OCc4ccnc(OCCC(F)(F)F)n4)C(=O)O)c23)ccc(O[C@@H](CO)CN2CCN(C)CC2)c1Cl. The molecule has 6 aromatic rings. The highest BCUT2D eigenvalue weighted by atomic mass is 35.5. The second kappa shape index (κ2) is 22.4. The molecule has 380 valence electrons. The number of rotatable bonds is 20. The number of carboxylic acid groups (broad SMARTS) is 1. The van der Waals surface area contributed by atoms with Crippen LogP contribution in [0.25, 0.3) is 31.8 Å². The van der Waals surface area contributed by atoms with Crippen LogP contribution < -0.4 is 23.4 Å². The molecule has 1 saturated heterocycles. The van der Waals surface area contributed by atoms with Crippen LogP contribution in [0.15, 0.2) is 73.2 Å². The quantitative estimate of drug-likeness (QED) is 0.0549. The number of fused-ring (bicyclic) bond motifs is 1. The average Bonchev–Trinajstić information content (AvgIpc) is 3.70. The molecule has 0 aliphatic carbocycles. The summed E-state index contributed by atoms with van der Waals surface area (Å²) in [6, 6.07) is 15.9. The summed E-state index contributed by atoms with van der Waals surface area (Å²) in [7, 11) is -0.328. The van der Waals surface area contributed by atoms with Gasteiger partial charge in [0.05, 0.1) is 29.1 Å². The Hall–Kier alpha value is -5.64. The lowest BCUT2D eigenvalue weighted by molar-refractivity contribution is -0.145. The zero-order valence-electron chi connectivity index (χ0n) is 40.5. The number of halogens is 5. The lowest BCUT2D eigenvalue weighted by atomic mass is 9.96. The van der Waals surface area contributed by atoms with Crippen molar-refractivity contribution in [2.24, 2.45) is 0 Å². The number of aromatic nitrogens is 4. The summed E-state index contributed by atoms with van der Waals surface area (Å²) in [5.41, 5.74) is 3.15. The van der Waals surface area contributed by atoms with Crippen molar-refractivity contribution >= 4 is 47.4 Å². The van der Waals surface area contributed by atoms with Crippen LogP contribution in [-0.2, 0) is 17.8 Å². The Morgan fingerprint density at radius 1 is 0.944 bits per heavy atom. The molecule has 1 aliphatic rings. The third-order valence-corrected chi connectivity index (χ3v) is 18.5. The minimum absolute atomic E-state index is 0.0411. The molecule has 1 aliphatic heterocycles. The fourth-order valence-corrected chi connectivity index (χ4v) is 9.91. The van der Waals surface area contributed by atoms with Crippen LogP contribution in [0.2, 0.25) is 23.2 Å². The van der Waals surface area contributed by atoms with Crippen molar-refractivity contribution < 1.29 is 55.9 Å². The number of ether oxygens (including phenoxy) is 4. The zero-order chi connectivity index (χ0) is 51.3. The van der Waals surface area contributed by atoms with Crippen molar-refractivity contribution in [3.63, 3.8) is 0 Å². The van der Waals surface area contributed by atoms with Gasteiger partial charge in [-0.05, 0) is 91.3 Å². The first-order valence-electron chi connectivity index (χ1n) is 23.0. The van der Waals surface area contributed by atoms with Gasteiger partial charge in [0.1, 0.15) is 53.5 Å². The van der Waals surface area contributed by atoms with Gasteiger partial charge >= 0.3 is 18.2 Å². The van der Waals surface area contributed by atoms with Crippen LogP contribution >= 0.6 is 22.9 Å². The topological polar surface area (TPSA) is 162 Å². The van der Waals surface area contributed by atoms with Gasteiger partial charge in [0.25, 0.3) is 0 Å². The van der Waals surface area contributed by atoms with Gasteiger partial charge in [0.2, 0.25) is 20.3 Å². The van der Waals surface area contributed by atoms with E-state index in [2.05, 4.69) is 70.6 Å². The number of hydrogen-bond donors (Lipinski definition) is 2. The van der Waals surface area contributed by atoms with E-state index in [9.17, 15) is 32.6 Å². The van der Waals surface area contributed by atoms with Crippen LogP contribution in [0.4, 0.5) is 17.6 Å². The minimum Gasteiger partial charge on any atom is -0.543 e. The summed E-state index contributed by atoms with van der Waals surface area (Å²) in [6.07, 6.45) is -5.35. The van der Waals surface area contributed by atoms with E-state index in [0.29, 0.717) is 71.7 Å². The van der Waals surface area contributed by atoms with E-state index in [1.165, 1.54) is 42.1 Å². The van der Waals surface area contributed by atoms with Crippen LogP contribution in [0, 0.1) is 12.7 Å². The zero-order valence-corrected chi connectivity index (χ0v) is 43.1. The van der Waals surface area contributed by atoms with E-state index < -0.39 is 51.5 Å². The van der Waals surface area contributed by atoms with Gasteiger partial charge in [-0.15, -0.1) is 11.3 Å². The first-order chi connectivity index (χ1) is 33.6. The largest absolute Gasteiger partial charge is 0.543 e. The molecular formula is C50H57ClF4N6O8SSi. The Labute approximate surface area is 419 Å². The molecule has 71 heavy (non-hydrogen) atoms. The minimum atomic E-state index is -4.42. The smallest absolute Gasteiger partial charge is 0.392 e. The molecular weight excluding hydrogens is 984 g/mol. The number of carboxylic acids is 1. The van der Waals surface area contributed by atoms with Crippen LogP contribution in [0.1, 0.15) is 44.0 Å². The predicted molar refractivity (Wildman–Crippen MR) is 266 cm³/mol. The summed E-state index contributed by atoms with van der Waals surface area (Å²) in [4.78, 5) is 36.2. The number of alkyl halides is 3. The van der Waals surface area contributed by atoms with Crippen molar-refractivity contribution in [1.29, 1.82) is 0 Å². The van der Waals surface area contributed by atoms with Crippen LogP contribution in [-0.4, -0.2) is 126 Å². The standard InChI is InChI=1S/C50H57ClF4N6O8SSi/c1-30-37(13-15-39(43(30)51)67-36(27-62)26-61-21-19-60(5)20-22-61)41-42-45(57-29-58-46(42)70-44(41)31-8-10-33(52)11-9-31)68-40(47(63)64)25-32-24-35(69-71(6,7)49(2,3)4)12-14-38(32)66-28-34-16-18-56-48(59-34)65-23-17-50(53,54)55/h8-16,18,24,29,36,40,62H,17,19-23,25-28H2,1-7H3,(H,63,64)/t36-,40-/m1/s1. The number of hydrogen-bond acceptors (Lipinski definition) is 14. The Bertz CT molecular complexity index is 2810. The molecule has 0 saturated carbocycles. The molecule has 4 heterocycles. The maximum absolute atomic E-state index is 14.4. The van der Waals surface area contributed by atoms with E-state index in [4.69, 9.17) is 35.0 Å². The van der Waals surface area contributed by atoms with E-state index >= 15 is 0 Å². The summed E-state index contributed by atoms with van der Waals surface area (Å²) in [6.45, 7) is 15.2. The Morgan fingerprint density at radius 2 is 1.66 bits per heavy atom. The molecule has 14 nitrogen and oxygen atoms in total. The Balaban J connectivity index is 1.24. The Morgan fingerprint density at radius 3 is 2.34 bits per heavy atom. The fourth-order valence-electron chi connectivity index (χ4n) is 7.53. The fraction of sp³-hybridized carbons (Fsp3) is 0.420. The predicted octanol–water partition coefficient (Wildman–Crippen LogP) is 10.3. The summed E-state index contributed by atoms with van der Waals surface area (Å²) >= 11 is 8.41. The third-order valence-electron chi connectivity index (χ3n) is 12.6. The van der Waals surface area contributed by atoms with Gasteiger partial charge in [0, 0.05) is 61.3 Å². The number of likely N-dealkylation sites (N-methyl/N-ethyl adjacent to an activating group) is 1. The van der Waals surface area contributed by atoms with E-state index in [0.717, 1.165) is 26.2 Å². The van der Waals surface area contributed by atoms with E-state index in [1.54, 1.807) is 36.4 Å². The van der Waals surface area contributed by atoms with Crippen molar-refractivity contribution in [3.05, 3.63) is 101 Å². The molecule has 2 atom stereocenters. The van der Waals surface area contributed by atoms with Gasteiger partial charge in [0.15, 0.2) is 0 Å². The molecule has 0 spiro atoms. The molecule has 7 rings (SSSR count). The third kappa shape index (κ3) is 13.5. The van der Waals surface area contributed by atoms with Crippen LogP contribution in [0.5, 0.6) is 29.1 Å². The number of thiophene rings is 1. The second-order valence-corrected chi connectivity index (χ2v) is 25.0. The number of benzene rings is 3. The maximum Gasteiger partial charge on any atom is 0.392 e. The highest BCUT2D eigenvalue weighted by Crippen LogP contribution is 2.50. The van der Waals surface area contributed by atoms with Gasteiger partial charge in [-0.1, -0.05) is 50.6 Å². The Kier molecular flexibility index (Phi) is 16.8. The van der Waals surface area contributed by atoms with Gasteiger partial charge in [-0.25, -0.2) is 24.1 Å². The monoisotopic (exact) mass is 1040 g/mol. The van der Waals surface area contributed by atoms with E-state index in [1.807, 2.05) is 13.0 Å². The molecule has 0 amide bonds. The lowest BCUT2D eigenvalue weighted by Gasteiger charge is -2.36. The number of aliphatic hydroxyl groups excluding tert-OH is 1. The molecule has 0 unspecified atom stereocenters. The van der Waals surface area contributed by atoms with Gasteiger partial charge < -0.3 is 38.5 Å². The summed E-state index contributed by atoms with van der Waals surface area (Å²) in [5.74, 6) is -0.666. The molecule has 0 radical (unpaired) electrons.